The molecule has 0 spiro atoms. The molecule has 2 rings (SSSR count). The maximum Gasteiger partial charge on any atom is 0.472 e. The van der Waals surface area contributed by atoms with E-state index in [1.54, 1.807) is 18.2 Å². The molecule has 0 radical (unpaired) electrons. The van der Waals surface area contributed by atoms with E-state index in [1.807, 2.05) is 0 Å². The molecule has 1 atom stereocenters. The number of para-hydroxylation sites is 1. The average Bonchev–Trinajstić information content (AvgIpc) is 2.61. The van der Waals surface area contributed by atoms with Gasteiger partial charge in [0, 0.05) is 0 Å². The number of benzene rings is 1. The minimum Gasteiger partial charge on any atom is -0.465 e. The molecule has 2 aromatic rings. The van der Waals surface area contributed by atoms with Crippen LogP contribution < -0.4 is 21.5 Å². The summed E-state index contributed by atoms with van der Waals surface area (Å²) in [6, 6.07) is 8.68. The highest BCUT2D eigenvalue weighted by Crippen LogP contribution is 2.36. The molecule has 1 aromatic carbocycles. The molecule has 0 aliphatic carbocycles. The van der Waals surface area contributed by atoms with Crippen molar-refractivity contribution in [2.24, 2.45) is 16.0 Å². The first-order valence-electron chi connectivity index (χ1n) is 7.82. The molecule has 0 aliphatic rings. The number of carbonyl (C=O) groups is 1. The molecule has 0 saturated carbocycles. The molecular formula is C15H19N6O6P. The molecule has 0 unspecified atom stereocenters. The second-order valence-corrected chi connectivity index (χ2v) is 6.67. The predicted octanol–water partition coefficient (Wildman–Crippen LogP) is 1.81. The van der Waals surface area contributed by atoms with Gasteiger partial charge in [0.15, 0.2) is 12.6 Å². The highest BCUT2D eigenvalue weighted by atomic mass is 31.2. The van der Waals surface area contributed by atoms with E-state index in [0.717, 1.165) is 0 Å². The second-order valence-electron chi connectivity index (χ2n) is 5.43. The van der Waals surface area contributed by atoms with Gasteiger partial charge in [0.05, 0.1) is 6.04 Å². The molecule has 28 heavy (non-hydrogen) atoms. The minimum absolute atomic E-state index is 0.0226. The van der Waals surface area contributed by atoms with E-state index in [9.17, 15) is 9.36 Å². The summed E-state index contributed by atoms with van der Waals surface area (Å²) in [5.74, 6) is 0.0171. The van der Waals surface area contributed by atoms with Gasteiger partial charge in [-0.15, -0.1) is 10.2 Å². The number of nitrogen functional groups attached to an aromatic ring is 1. The van der Waals surface area contributed by atoms with Crippen molar-refractivity contribution >= 4 is 36.7 Å². The lowest BCUT2D eigenvalue weighted by Crippen LogP contribution is -2.32. The molecule has 150 valence electrons. The molecule has 0 fully saturated rings. The maximum absolute atomic E-state index is 11.6. The molecular weight excluding hydrogens is 391 g/mol. The number of ether oxygens (including phenoxy) is 1. The number of phosphoric ester groups is 1. The maximum atomic E-state index is 11.6. The lowest BCUT2D eigenvalue weighted by molar-refractivity contribution is -0.117. The van der Waals surface area contributed by atoms with E-state index >= 15 is 0 Å². The van der Waals surface area contributed by atoms with Crippen LogP contribution in [0.25, 0.3) is 0 Å². The zero-order chi connectivity index (χ0) is 20.7. The third-order valence-corrected chi connectivity index (χ3v) is 3.58. The van der Waals surface area contributed by atoms with Gasteiger partial charge in [0.25, 0.3) is 0 Å². The number of pyridine rings is 1. The number of amides is 1. The van der Waals surface area contributed by atoms with Crippen molar-refractivity contribution in [3.8, 4) is 5.75 Å². The van der Waals surface area contributed by atoms with Gasteiger partial charge < -0.3 is 31.3 Å². The first-order chi connectivity index (χ1) is 13.2. The number of aromatic nitrogens is 1. The van der Waals surface area contributed by atoms with Crippen molar-refractivity contribution in [2.75, 3.05) is 17.8 Å². The fraction of sp³-hybridized carbons (Fsp3) is 0.200. The number of nitrogens with two attached hydrogens (primary N) is 2. The Labute approximate surface area is 159 Å². The summed E-state index contributed by atoms with van der Waals surface area (Å²) < 4.78 is 20.1. The van der Waals surface area contributed by atoms with Crippen LogP contribution in [0.1, 0.15) is 6.92 Å². The molecule has 13 heteroatoms. The van der Waals surface area contributed by atoms with Crippen LogP contribution in [0.2, 0.25) is 0 Å². The van der Waals surface area contributed by atoms with Crippen LogP contribution in [0.4, 0.5) is 23.0 Å². The van der Waals surface area contributed by atoms with E-state index in [0.29, 0.717) is 0 Å². The number of rotatable bonds is 8. The standard InChI is InChI=1S/C15H19N6O6P/c1-9(16)15(22)19-13-7-6-11(14(17)18-13)21-20-10-4-2-3-5-12(10)26-8-27-28(23,24)25/h2-7,9H,8,16H2,1H3,(H2,23,24,25)(H3,17,18,19,22)/t9-/m0/s1. The molecule has 0 bridgehead atoms. The van der Waals surface area contributed by atoms with E-state index in [1.165, 1.54) is 25.1 Å². The summed E-state index contributed by atoms with van der Waals surface area (Å²) in [5, 5.41) is 10.5. The van der Waals surface area contributed by atoms with Crippen LogP contribution in [0.5, 0.6) is 5.75 Å². The molecule has 7 N–H and O–H groups in total. The summed E-state index contributed by atoms with van der Waals surface area (Å²) >= 11 is 0. The summed E-state index contributed by atoms with van der Waals surface area (Å²) in [4.78, 5) is 32.9. The Morgan fingerprint density at radius 3 is 2.57 bits per heavy atom. The minimum atomic E-state index is -4.65. The highest BCUT2D eigenvalue weighted by Gasteiger charge is 2.14. The van der Waals surface area contributed by atoms with Gasteiger partial charge in [-0.3, -0.25) is 4.79 Å². The van der Waals surface area contributed by atoms with Crippen molar-refractivity contribution in [1.82, 2.24) is 4.98 Å². The van der Waals surface area contributed by atoms with Crippen LogP contribution in [0.3, 0.4) is 0 Å². The Balaban J connectivity index is 2.11. The van der Waals surface area contributed by atoms with Gasteiger partial charge in [0.1, 0.15) is 22.9 Å². The highest BCUT2D eigenvalue weighted by molar-refractivity contribution is 7.46. The smallest absolute Gasteiger partial charge is 0.465 e. The van der Waals surface area contributed by atoms with Crippen LogP contribution in [-0.2, 0) is 13.9 Å². The van der Waals surface area contributed by atoms with Crippen molar-refractivity contribution in [3.05, 3.63) is 36.4 Å². The number of carbonyl (C=O) groups excluding carboxylic acids is 1. The lowest BCUT2D eigenvalue weighted by Gasteiger charge is -2.09. The molecule has 0 aliphatic heterocycles. The number of azo groups is 1. The molecule has 1 aromatic heterocycles. The van der Waals surface area contributed by atoms with Gasteiger partial charge in [-0.25, -0.2) is 14.1 Å². The Hall–Kier alpha value is -2.89. The fourth-order valence-corrected chi connectivity index (χ4v) is 1.98. The largest absolute Gasteiger partial charge is 0.472 e. The van der Waals surface area contributed by atoms with Crippen molar-refractivity contribution < 1.29 is 28.4 Å². The number of nitrogens with zero attached hydrogens (tertiary/aromatic N) is 3. The summed E-state index contributed by atoms with van der Waals surface area (Å²) in [6.07, 6.45) is 0. The number of phosphoric acid groups is 1. The van der Waals surface area contributed by atoms with Gasteiger partial charge in [0.2, 0.25) is 5.91 Å². The van der Waals surface area contributed by atoms with Crippen LogP contribution in [0, 0.1) is 0 Å². The number of nitrogens with one attached hydrogen (secondary N) is 1. The van der Waals surface area contributed by atoms with E-state index in [2.05, 4.69) is 25.1 Å². The first-order valence-corrected chi connectivity index (χ1v) is 9.35. The Morgan fingerprint density at radius 2 is 1.93 bits per heavy atom. The van der Waals surface area contributed by atoms with Crippen LogP contribution in [0.15, 0.2) is 46.6 Å². The van der Waals surface area contributed by atoms with Gasteiger partial charge >= 0.3 is 7.82 Å². The zero-order valence-electron chi connectivity index (χ0n) is 14.7. The second kappa shape index (κ2) is 9.35. The zero-order valence-corrected chi connectivity index (χ0v) is 15.6. The van der Waals surface area contributed by atoms with E-state index in [-0.39, 0.29) is 28.8 Å². The van der Waals surface area contributed by atoms with E-state index in [4.69, 9.17) is 26.0 Å². The number of hydrogen-bond donors (Lipinski definition) is 5. The predicted molar refractivity (Wildman–Crippen MR) is 100 cm³/mol. The molecule has 12 nitrogen and oxygen atoms in total. The van der Waals surface area contributed by atoms with Crippen molar-refractivity contribution in [3.63, 3.8) is 0 Å². The average molecular weight is 410 g/mol. The Morgan fingerprint density at radius 1 is 1.25 bits per heavy atom. The molecule has 1 amide bonds. The molecule has 1 heterocycles. The molecule has 0 saturated heterocycles. The summed E-state index contributed by atoms with van der Waals surface area (Å²) in [6.45, 7) is 0.861. The Kier molecular flexibility index (Phi) is 7.15. The topological polar surface area (TPSA) is 195 Å². The SMILES string of the molecule is C[C@H](N)C(=O)Nc1ccc(N=Nc2ccccc2OCOP(=O)(O)O)c(N)n1. The number of anilines is 2. The Bertz CT molecular complexity index is 916. The third kappa shape index (κ3) is 6.68. The first kappa shape index (κ1) is 21.4. The van der Waals surface area contributed by atoms with Gasteiger partial charge in [-0.05, 0) is 31.2 Å². The summed E-state index contributed by atoms with van der Waals surface area (Å²) in [5.41, 5.74) is 11.8. The van der Waals surface area contributed by atoms with Gasteiger partial charge in [-0.1, -0.05) is 12.1 Å². The monoisotopic (exact) mass is 410 g/mol. The van der Waals surface area contributed by atoms with Gasteiger partial charge in [-0.2, -0.15) is 0 Å². The lowest BCUT2D eigenvalue weighted by atomic mass is 10.3. The van der Waals surface area contributed by atoms with Crippen LogP contribution in [-0.4, -0.2) is 33.5 Å². The number of hydrogen-bond acceptors (Lipinski definition) is 9. The quantitative estimate of drug-likeness (QED) is 0.245. The van der Waals surface area contributed by atoms with Crippen LogP contribution >= 0.6 is 7.82 Å². The normalized spacial score (nSPS) is 12.7. The fourth-order valence-electron chi connectivity index (χ4n) is 1.79. The van der Waals surface area contributed by atoms with Crippen molar-refractivity contribution in [2.45, 2.75) is 13.0 Å². The third-order valence-electron chi connectivity index (χ3n) is 3.13. The van der Waals surface area contributed by atoms with Crippen molar-refractivity contribution in [1.29, 1.82) is 0 Å². The van der Waals surface area contributed by atoms with E-state index < -0.39 is 26.6 Å². The summed E-state index contributed by atoms with van der Waals surface area (Å²) in [7, 11) is -4.65.